The van der Waals surface area contributed by atoms with Crippen molar-refractivity contribution in [2.75, 3.05) is 20.6 Å². The topological polar surface area (TPSA) is 37.5 Å². The van der Waals surface area contributed by atoms with Gasteiger partial charge in [-0.3, -0.25) is 0 Å². The number of nitrogens with zero attached hydrogens (tertiary/aromatic N) is 1. The Bertz CT molecular complexity index is 968. The summed E-state index contributed by atoms with van der Waals surface area (Å²) in [5, 5.41) is 1.13. The van der Waals surface area contributed by atoms with E-state index in [1.54, 1.807) is 12.1 Å². The standard InChI is InChI=1S/C22H24F2N2O2/c1-26(2)9-8-15-13-25-19-4-3-5-20(21(15)19)27-18-10-14-6-7-17(28-22(23)24)11-16(14)12-18/h3-7,11,13,18,22,25H,8-10,12H2,1-2H3. The number of hydrogen-bond donors (Lipinski definition) is 1. The lowest BCUT2D eigenvalue weighted by molar-refractivity contribution is -0.0498. The molecule has 0 fully saturated rings. The van der Waals surface area contributed by atoms with E-state index in [1.165, 1.54) is 5.56 Å². The van der Waals surface area contributed by atoms with Crippen LogP contribution in [0.4, 0.5) is 8.78 Å². The second-order valence-corrected chi connectivity index (χ2v) is 7.50. The van der Waals surface area contributed by atoms with Crippen LogP contribution in [0.2, 0.25) is 0 Å². The smallest absolute Gasteiger partial charge is 0.387 e. The molecule has 2 aromatic carbocycles. The third kappa shape index (κ3) is 3.97. The molecule has 3 aromatic rings. The van der Waals surface area contributed by atoms with Gasteiger partial charge in [0.2, 0.25) is 0 Å². The maximum Gasteiger partial charge on any atom is 0.387 e. The van der Waals surface area contributed by atoms with Crippen LogP contribution in [-0.2, 0) is 19.3 Å². The number of rotatable bonds is 7. The molecule has 0 amide bonds. The molecule has 1 aliphatic rings. The number of aromatic nitrogens is 1. The zero-order chi connectivity index (χ0) is 19.7. The van der Waals surface area contributed by atoms with Crippen molar-refractivity contribution in [3.8, 4) is 11.5 Å². The minimum atomic E-state index is -2.81. The normalized spacial score (nSPS) is 16.1. The van der Waals surface area contributed by atoms with Gasteiger partial charge in [-0.2, -0.15) is 8.78 Å². The van der Waals surface area contributed by atoms with Crippen LogP contribution in [0.5, 0.6) is 11.5 Å². The van der Waals surface area contributed by atoms with Gasteiger partial charge in [0.05, 0.1) is 0 Å². The molecule has 1 aliphatic carbocycles. The second kappa shape index (κ2) is 7.80. The molecule has 0 bridgehead atoms. The van der Waals surface area contributed by atoms with Crippen LogP contribution in [0.3, 0.4) is 0 Å². The maximum absolute atomic E-state index is 12.5. The van der Waals surface area contributed by atoms with Crippen LogP contribution >= 0.6 is 0 Å². The van der Waals surface area contributed by atoms with Crippen molar-refractivity contribution in [1.82, 2.24) is 9.88 Å². The summed E-state index contributed by atoms with van der Waals surface area (Å²) in [7, 11) is 4.13. The number of alkyl halides is 2. The molecular weight excluding hydrogens is 362 g/mol. The molecule has 0 saturated carbocycles. The van der Waals surface area contributed by atoms with Gasteiger partial charge in [-0.1, -0.05) is 12.1 Å². The highest BCUT2D eigenvalue weighted by Gasteiger charge is 2.25. The number of halogens is 2. The van der Waals surface area contributed by atoms with Crippen LogP contribution in [0.1, 0.15) is 16.7 Å². The number of ether oxygens (including phenoxy) is 2. The van der Waals surface area contributed by atoms with Crippen molar-refractivity contribution in [2.24, 2.45) is 0 Å². The van der Waals surface area contributed by atoms with E-state index in [0.717, 1.165) is 47.2 Å². The molecule has 148 valence electrons. The first kappa shape index (κ1) is 18.7. The fourth-order valence-corrected chi connectivity index (χ4v) is 3.85. The van der Waals surface area contributed by atoms with Gasteiger partial charge < -0.3 is 19.4 Å². The zero-order valence-electron chi connectivity index (χ0n) is 16.0. The Morgan fingerprint density at radius 2 is 1.96 bits per heavy atom. The SMILES string of the molecule is CN(C)CCc1c[nH]c2cccc(OC3Cc4ccc(OC(F)F)cc4C3)c12. The van der Waals surface area contributed by atoms with E-state index in [4.69, 9.17) is 4.74 Å². The van der Waals surface area contributed by atoms with Crippen molar-refractivity contribution in [3.63, 3.8) is 0 Å². The van der Waals surface area contributed by atoms with E-state index < -0.39 is 6.61 Å². The highest BCUT2D eigenvalue weighted by atomic mass is 19.3. The Morgan fingerprint density at radius 3 is 2.75 bits per heavy atom. The number of fused-ring (bicyclic) bond motifs is 2. The molecule has 4 rings (SSSR count). The molecule has 28 heavy (non-hydrogen) atoms. The summed E-state index contributed by atoms with van der Waals surface area (Å²) < 4.78 is 35.8. The number of hydrogen-bond acceptors (Lipinski definition) is 3. The van der Waals surface area contributed by atoms with E-state index >= 15 is 0 Å². The lowest BCUT2D eigenvalue weighted by atomic mass is 10.1. The molecule has 0 saturated heterocycles. The van der Waals surface area contributed by atoms with E-state index in [1.807, 2.05) is 18.2 Å². The minimum absolute atomic E-state index is 0.0148. The van der Waals surface area contributed by atoms with Crippen molar-refractivity contribution in [1.29, 1.82) is 0 Å². The summed E-state index contributed by atoms with van der Waals surface area (Å²) in [5.41, 5.74) is 4.44. The third-order valence-electron chi connectivity index (χ3n) is 5.17. The molecule has 1 unspecified atom stereocenters. The molecule has 0 spiro atoms. The summed E-state index contributed by atoms with van der Waals surface area (Å²) in [5.74, 6) is 1.07. The zero-order valence-corrected chi connectivity index (χ0v) is 16.0. The Labute approximate surface area is 163 Å². The fourth-order valence-electron chi connectivity index (χ4n) is 3.85. The lowest BCUT2D eigenvalue weighted by Crippen LogP contribution is -2.17. The molecule has 1 N–H and O–H groups in total. The van der Waals surface area contributed by atoms with E-state index in [0.29, 0.717) is 6.42 Å². The van der Waals surface area contributed by atoms with Crippen molar-refractivity contribution in [3.05, 3.63) is 59.3 Å². The first-order chi connectivity index (χ1) is 13.5. The van der Waals surface area contributed by atoms with Gasteiger partial charge in [0.15, 0.2) is 0 Å². The highest BCUT2D eigenvalue weighted by Crippen LogP contribution is 2.34. The van der Waals surface area contributed by atoms with Crippen LogP contribution < -0.4 is 9.47 Å². The molecule has 6 heteroatoms. The molecule has 0 radical (unpaired) electrons. The first-order valence-corrected chi connectivity index (χ1v) is 9.46. The Hall–Kier alpha value is -2.60. The van der Waals surface area contributed by atoms with Gasteiger partial charge in [-0.15, -0.1) is 0 Å². The number of likely N-dealkylation sites (N-methyl/N-ethyl adjacent to an activating group) is 1. The predicted molar refractivity (Wildman–Crippen MR) is 105 cm³/mol. The summed E-state index contributed by atoms with van der Waals surface area (Å²) in [6.45, 7) is -1.85. The van der Waals surface area contributed by atoms with Crippen LogP contribution in [0, 0.1) is 0 Å². The van der Waals surface area contributed by atoms with Gasteiger partial charge in [-0.05, 0) is 61.5 Å². The molecular formula is C22H24F2N2O2. The number of aromatic amines is 1. The Kier molecular flexibility index (Phi) is 5.22. The van der Waals surface area contributed by atoms with Gasteiger partial charge in [0, 0.05) is 36.5 Å². The van der Waals surface area contributed by atoms with Gasteiger partial charge in [0.1, 0.15) is 17.6 Å². The Morgan fingerprint density at radius 1 is 1.14 bits per heavy atom. The predicted octanol–water partition coefficient (Wildman–Crippen LogP) is 4.42. The number of nitrogens with one attached hydrogen (secondary N) is 1. The second-order valence-electron chi connectivity index (χ2n) is 7.50. The average molecular weight is 386 g/mol. The third-order valence-corrected chi connectivity index (χ3v) is 5.17. The van der Waals surface area contributed by atoms with Gasteiger partial charge in [-0.25, -0.2) is 0 Å². The van der Waals surface area contributed by atoms with Crippen LogP contribution in [0.15, 0.2) is 42.6 Å². The largest absolute Gasteiger partial charge is 0.489 e. The summed E-state index contributed by atoms with van der Waals surface area (Å²) in [4.78, 5) is 5.50. The van der Waals surface area contributed by atoms with E-state index in [2.05, 4.69) is 41.0 Å². The van der Waals surface area contributed by atoms with E-state index in [-0.39, 0.29) is 11.9 Å². The van der Waals surface area contributed by atoms with Crippen molar-refractivity contribution >= 4 is 10.9 Å². The Balaban J connectivity index is 1.53. The minimum Gasteiger partial charge on any atom is -0.489 e. The molecule has 1 atom stereocenters. The van der Waals surface area contributed by atoms with Crippen LogP contribution in [0.25, 0.3) is 10.9 Å². The monoisotopic (exact) mass is 386 g/mol. The summed E-state index contributed by atoms with van der Waals surface area (Å²) in [6.07, 6.45) is 4.42. The quantitative estimate of drug-likeness (QED) is 0.653. The fraction of sp³-hybridized carbons (Fsp3) is 0.364. The molecule has 0 aliphatic heterocycles. The summed E-state index contributed by atoms with van der Waals surface area (Å²) in [6, 6.07) is 11.2. The highest BCUT2D eigenvalue weighted by molar-refractivity contribution is 5.89. The van der Waals surface area contributed by atoms with Gasteiger partial charge in [0.25, 0.3) is 0 Å². The van der Waals surface area contributed by atoms with Crippen LogP contribution in [-0.4, -0.2) is 43.2 Å². The molecule has 1 heterocycles. The maximum atomic E-state index is 12.5. The number of benzene rings is 2. The molecule has 1 aromatic heterocycles. The van der Waals surface area contributed by atoms with E-state index in [9.17, 15) is 8.78 Å². The lowest BCUT2D eigenvalue weighted by Gasteiger charge is -2.15. The molecule has 4 nitrogen and oxygen atoms in total. The average Bonchev–Trinajstić information content (AvgIpc) is 3.23. The first-order valence-electron chi connectivity index (χ1n) is 9.46. The summed E-state index contributed by atoms with van der Waals surface area (Å²) >= 11 is 0. The number of H-pyrrole nitrogens is 1. The van der Waals surface area contributed by atoms with Crippen molar-refractivity contribution in [2.45, 2.75) is 32.0 Å². The van der Waals surface area contributed by atoms with Gasteiger partial charge >= 0.3 is 6.61 Å². The van der Waals surface area contributed by atoms with Crippen molar-refractivity contribution < 1.29 is 18.3 Å².